The summed E-state index contributed by atoms with van der Waals surface area (Å²) in [5.41, 5.74) is 2.43. The first-order valence-corrected chi connectivity index (χ1v) is 7.43. The van der Waals surface area contributed by atoms with Gasteiger partial charge in [-0.2, -0.15) is 5.10 Å². The van der Waals surface area contributed by atoms with Crippen LogP contribution in [0, 0.1) is 0 Å². The van der Waals surface area contributed by atoms with Crippen molar-refractivity contribution in [1.29, 1.82) is 0 Å². The molecule has 2 aromatic rings. The molecule has 0 amide bonds. The molecule has 0 N–H and O–H groups in total. The van der Waals surface area contributed by atoms with Gasteiger partial charge in [-0.1, -0.05) is 30.3 Å². The maximum atomic E-state index is 5.05. The van der Waals surface area contributed by atoms with Crippen LogP contribution in [0.3, 0.4) is 0 Å². The third-order valence-corrected chi connectivity index (χ3v) is 4.38. The smallest absolute Gasteiger partial charge is 0.233 e. The Bertz CT molecular complexity index is 570. The van der Waals surface area contributed by atoms with Crippen molar-refractivity contribution in [2.45, 2.75) is 31.8 Å². The van der Waals surface area contributed by atoms with Crippen LogP contribution in [0.2, 0.25) is 0 Å². The molecule has 0 radical (unpaired) electrons. The van der Waals surface area contributed by atoms with Crippen molar-refractivity contribution in [3.63, 3.8) is 0 Å². The molecule has 1 aromatic carbocycles. The van der Waals surface area contributed by atoms with Crippen molar-refractivity contribution in [3.05, 3.63) is 53.7 Å². The molecule has 2 heterocycles. The second-order valence-electron chi connectivity index (χ2n) is 5.58. The molecule has 1 saturated heterocycles. The zero-order valence-electron chi connectivity index (χ0n) is 12.6. The lowest BCUT2D eigenvalue weighted by atomic mass is 9.93. The Morgan fingerprint density at radius 2 is 1.95 bits per heavy atom. The molecular weight excluding hydrogens is 262 g/mol. The first kappa shape index (κ1) is 14.0. The fraction of sp³-hybridized carbons (Fsp3) is 0.412. The van der Waals surface area contributed by atoms with E-state index in [1.54, 1.807) is 7.11 Å². The standard InChI is InChI=1S/C17H21N3O/c1-13-16(14-6-4-3-5-7-14)10-11-20(13)12-15-8-9-17(21-2)19-18-15/h3-9,13,16H,10-12H2,1-2H3/t13-,16+/m1/s1. The van der Waals surface area contributed by atoms with Gasteiger partial charge < -0.3 is 4.74 Å². The minimum absolute atomic E-state index is 0.524. The first-order valence-electron chi connectivity index (χ1n) is 7.43. The molecule has 1 fully saturated rings. The second-order valence-corrected chi connectivity index (χ2v) is 5.58. The Labute approximate surface area is 125 Å². The van der Waals surface area contributed by atoms with Gasteiger partial charge in [0.25, 0.3) is 0 Å². The highest BCUT2D eigenvalue weighted by Crippen LogP contribution is 2.33. The van der Waals surface area contributed by atoms with Crippen LogP contribution in [0.1, 0.15) is 30.5 Å². The Kier molecular flexibility index (Phi) is 4.15. The third-order valence-electron chi connectivity index (χ3n) is 4.38. The molecular formula is C17H21N3O. The minimum Gasteiger partial charge on any atom is -0.480 e. The maximum Gasteiger partial charge on any atom is 0.233 e. The van der Waals surface area contributed by atoms with Gasteiger partial charge in [0.05, 0.1) is 12.8 Å². The molecule has 0 saturated carbocycles. The van der Waals surface area contributed by atoms with Crippen molar-refractivity contribution >= 4 is 0 Å². The predicted molar refractivity (Wildman–Crippen MR) is 82.3 cm³/mol. The minimum atomic E-state index is 0.524. The van der Waals surface area contributed by atoms with Crippen LogP contribution >= 0.6 is 0 Å². The summed E-state index contributed by atoms with van der Waals surface area (Å²) in [5, 5.41) is 8.27. The van der Waals surface area contributed by atoms with Gasteiger partial charge in [0.2, 0.25) is 5.88 Å². The monoisotopic (exact) mass is 283 g/mol. The van der Waals surface area contributed by atoms with E-state index < -0.39 is 0 Å². The lowest BCUT2D eigenvalue weighted by molar-refractivity contribution is 0.247. The molecule has 0 spiro atoms. The average Bonchev–Trinajstić information content (AvgIpc) is 2.90. The molecule has 4 nitrogen and oxygen atoms in total. The molecule has 1 aliphatic rings. The number of benzene rings is 1. The Morgan fingerprint density at radius 1 is 1.14 bits per heavy atom. The van der Waals surface area contributed by atoms with Gasteiger partial charge >= 0.3 is 0 Å². The van der Waals surface area contributed by atoms with Crippen molar-refractivity contribution in [2.24, 2.45) is 0 Å². The van der Waals surface area contributed by atoms with Crippen LogP contribution in [-0.2, 0) is 6.54 Å². The molecule has 21 heavy (non-hydrogen) atoms. The van der Waals surface area contributed by atoms with E-state index in [1.807, 2.05) is 12.1 Å². The van der Waals surface area contributed by atoms with Crippen molar-refractivity contribution < 1.29 is 4.74 Å². The van der Waals surface area contributed by atoms with Gasteiger partial charge in [-0.05, 0) is 31.5 Å². The Morgan fingerprint density at radius 3 is 2.62 bits per heavy atom. The van der Waals surface area contributed by atoms with Crippen molar-refractivity contribution in [1.82, 2.24) is 15.1 Å². The van der Waals surface area contributed by atoms with Gasteiger partial charge in [0.1, 0.15) is 0 Å². The molecule has 4 heteroatoms. The summed E-state index contributed by atoms with van der Waals surface area (Å²) in [7, 11) is 1.61. The van der Waals surface area contributed by atoms with E-state index in [2.05, 4.69) is 52.4 Å². The Hall–Kier alpha value is -1.94. The van der Waals surface area contributed by atoms with Crippen molar-refractivity contribution in [2.75, 3.05) is 13.7 Å². The average molecular weight is 283 g/mol. The fourth-order valence-corrected chi connectivity index (χ4v) is 3.12. The SMILES string of the molecule is COc1ccc(CN2CC[C@H](c3ccccc3)[C@H]2C)nn1. The Balaban J connectivity index is 1.67. The summed E-state index contributed by atoms with van der Waals surface area (Å²) >= 11 is 0. The largest absolute Gasteiger partial charge is 0.480 e. The highest BCUT2D eigenvalue weighted by atomic mass is 16.5. The normalized spacial score (nSPS) is 22.4. The number of aromatic nitrogens is 2. The lowest BCUT2D eigenvalue weighted by Gasteiger charge is -2.24. The number of methoxy groups -OCH3 is 1. The molecule has 0 unspecified atom stereocenters. The lowest BCUT2D eigenvalue weighted by Crippen LogP contribution is -2.29. The van der Waals surface area contributed by atoms with Gasteiger partial charge in [-0.3, -0.25) is 4.90 Å². The molecule has 0 bridgehead atoms. The van der Waals surface area contributed by atoms with Gasteiger partial charge in [-0.25, -0.2) is 0 Å². The highest BCUT2D eigenvalue weighted by Gasteiger charge is 2.31. The predicted octanol–water partition coefficient (Wildman–Crippen LogP) is 2.86. The molecule has 0 aliphatic carbocycles. The second kappa shape index (κ2) is 6.22. The van der Waals surface area contributed by atoms with Crippen molar-refractivity contribution in [3.8, 4) is 5.88 Å². The number of rotatable bonds is 4. The van der Waals surface area contributed by atoms with Crippen LogP contribution in [0.5, 0.6) is 5.88 Å². The van der Waals surface area contributed by atoms with Gasteiger partial charge in [0.15, 0.2) is 0 Å². The first-order chi connectivity index (χ1) is 10.3. The number of ether oxygens (including phenoxy) is 1. The van der Waals surface area contributed by atoms with E-state index in [0.717, 1.165) is 18.8 Å². The molecule has 3 rings (SSSR count). The zero-order valence-corrected chi connectivity index (χ0v) is 12.6. The van der Waals surface area contributed by atoms with Crippen LogP contribution in [0.4, 0.5) is 0 Å². The van der Waals surface area contributed by atoms with E-state index in [-0.39, 0.29) is 0 Å². The fourth-order valence-electron chi connectivity index (χ4n) is 3.12. The molecule has 110 valence electrons. The van der Waals surface area contributed by atoms with Crippen LogP contribution in [0.15, 0.2) is 42.5 Å². The summed E-state index contributed by atoms with van der Waals surface area (Å²) in [6.45, 7) is 4.26. The van der Waals surface area contributed by atoms with E-state index in [1.165, 1.54) is 12.0 Å². The topological polar surface area (TPSA) is 38.2 Å². The molecule has 1 aliphatic heterocycles. The third kappa shape index (κ3) is 3.05. The number of hydrogen-bond acceptors (Lipinski definition) is 4. The van der Waals surface area contributed by atoms with Gasteiger partial charge in [0, 0.05) is 24.6 Å². The van der Waals surface area contributed by atoms with Crippen LogP contribution in [-0.4, -0.2) is 34.8 Å². The number of nitrogens with zero attached hydrogens (tertiary/aromatic N) is 3. The van der Waals surface area contributed by atoms with E-state index in [9.17, 15) is 0 Å². The van der Waals surface area contributed by atoms with E-state index in [0.29, 0.717) is 17.8 Å². The van der Waals surface area contributed by atoms with Crippen LogP contribution in [0.25, 0.3) is 0 Å². The molecule has 2 atom stereocenters. The summed E-state index contributed by atoms with van der Waals surface area (Å²) in [4.78, 5) is 2.48. The summed E-state index contributed by atoms with van der Waals surface area (Å²) < 4.78 is 5.05. The van der Waals surface area contributed by atoms with E-state index in [4.69, 9.17) is 4.74 Å². The van der Waals surface area contributed by atoms with E-state index >= 15 is 0 Å². The summed E-state index contributed by atoms with van der Waals surface area (Å²) in [6, 6.07) is 15.2. The molecule has 1 aromatic heterocycles. The summed E-state index contributed by atoms with van der Waals surface area (Å²) in [6.07, 6.45) is 1.20. The van der Waals surface area contributed by atoms with Crippen LogP contribution < -0.4 is 4.74 Å². The quantitative estimate of drug-likeness (QED) is 0.865. The van der Waals surface area contributed by atoms with Gasteiger partial charge in [-0.15, -0.1) is 5.10 Å². The number of hydrogen-bond donors (Lipinski definition) is 0. The highest BCUT2D eigenvalue weighted by molar-refractivity contribution is 5.23. The number of likely N-dealkylation sites (tertiary alicyclic amines) is 1. The summed E-state index contributed by atoms with van der Waals surface area (Å²) in [5.74, 6) is 1.17. The maximum absolute atomic E-state index is 5.05. The zero-order chi connectivity index (χ0) is 14.7.